The summed E-state index contributed by atoms with van der Waals surface area (Å²) in [7, 11) is 0. The Hall–Kier alpha value is -0.570. The van der Waals surface area contributed by atoms with E-state index in [4.69, 9.17) is 0 Å². The molecule has 2 fully saturated rings. The van der Waals surface area contributed by atoms with E-state index in [-0.39, 0.29) is 5.92 Å². The summed E-state index contributed by atoms with van der Waals surface area (Å²) in [6, 6.07) is 0. The highest BCUT2D eigenvalue weighted by Gasteiger charge is 2.44. The van der Waals surface area contributed by atoms with Crippen molar-refractivity contribution < 1.29 is 9.90 Å². The number of hydrogen-bond acceptors (Lipinski definition) is 2. The molecule has 1 aliphatic heterocycles. The molecule has 0 aromatic heterocycles. The van der Waals surface area contributed by atoms with Crippen molar-refractivity contribution in [2.45, 2.75) is 57.5 Å². The fraction of sp³-hybridized carbons (Fsp3) is 0.923. The predicted octanol–water partition coefficient (Wildman–Crippen LogP) is 1.94. The van der Waals surface area contributed by atoms with Gasteiger partial charge in [-0.1, -0.05) is 32.6 Å². The fourth-order valence-electron chi connectivity index (χ4n) is 3.05. The van der Waals surface area contributed by atoms with E-state index in [0.29, 0.717) is 19.0 Å². The van der Waals surface area contributed by atoms with Crippen LogP contribution in [0, 0.1) is 5.92 Å². The Labute approximate surface area is 97.8 Å². The number of nitrogens with zero attached hydrogens (tertiary/aromatic N) is 1. The Bertz CT molecular complexity index is 253. The molecule has 0 atom stereocenters. The van der Waals surface area contributed by atoms with Crippen LogP contribution in [0.4, 0.5) is 0 Å². The summed E-state index contributed by atoms with van der Waals surface area (Å²) >= 11 is 0. The third-order valence-electron chi connectivity index (χ3n) is 3.95. The largest absolute Gasteiger partial charge is 0.386 e. The minimum absolute atomic E-state index is 0.250. The average Bonchev–Trinajstić information content (AvgIpc) is 2.26. The molecule has 1 heterocycles. The minimum Gasteiger partial charge on any atom is -0.386 e. The molecule has 0 bridgehead atoms. The molecular formula is C13H23NO2. The number of carbonyl (C=O) groups excluding carboxylic acids is 1. The zero-order valence-electron chi connectivity index (χ0n) is 10.2. The van der Waals surface area contributed by atoms with E-state index in [2.05, 4.69) is 6.92 Å². The van der Waals surface area contributed by atoms with Gasteiger partial charge in [0, 0.05) is 5.92 Å². The van der Waals surface area contributed by atoms with Crippen molar-refractivity contribution in [1.29, 1.82) is 0 Å². The first-order valence-corrected chi connectivity index (χ1v) is 6.66. The van der Waals surface area contributed by atoms with Crippen LogP contribution in [0.2, 0.25) is 0 Å². The predicted molar refractivity (Wildman–Crippen MR) is 63.0 cm³/mol. The summed E-state index contributed by atoms with van der Waals surface area (Å²) in [5, 5.41) is 10.0. The lowest BCUT2D eigenvalue weighted by Gasteiger charge is -2.48. The van der Waals surface area contributed by atoms with E-state index in [0.717, 1.165) is 25.7 Å². The summed E-state index contributed by atoms with van der Waals surface area (Å²) in [5.41, 5.74) is -0.570. The molecule has 1 amide bonds. The van der Waals surface area contributed by atoms with Crippen molar-refractivity contribution in [2.75, 3.05) is 13.1 Å². The second kappa shape index (κ2) is 4.74. The molecule has 1 saturated heterocycles. The van der Waals surface area contributed by atoms with Crippen LogP contribution in [0.15, 0.2) is 0 Å². The molecule has 1 saturated carbocycles. The number of hydrogen-bond donors (Lipinski definition) is 1. The molecule has 92 valence electrons. The molecule has 0 aromatic carbocycles. The second-order valence-electron chi connectivity index (χ2n) is 5.50. The molecule has 0 radical (unpaired) electrons. The van der Waals surface area contributed by atoms with Crippen molar-refractivity contribution >= 4 is 5.91 Å². The van der Waals surface area contributed by atoms with Gasteiger partial charge in [0.2, 0.25) is 5.91 Å². The average molecular weight is 225 g/mol. The maximum absolute atomic E-state index is 12.1. The van der Waals surface area contributed by atoms with Crippen LogP contribution in [-0.2, 0) is 4.79 Å². The monoisotopic (exact) mass is 225 g/mol. The normalized spacial score (nSPS) is 25.2. The van der Waals surface area contributed by atoms with Crippen molar-refractivity contribution in [1.82, 2.24) is 4.90 Å². The Kier molecular flexibility index (Phi) is 3.53. The van der Waals surface area contributed by atoms with Gasteiger partial charge in [0.05, 0.1) is 18.7 Å². The molecule has 2 aliphatic rings. The quantitative estimate of drug-likeness (QED) is 0.797. The smallest absolute Gasteiger partial charge is 0.225 e. The highest BCUT2D eigenvalue weighted by atomic mass is 16.3. The van der Waals surface area contributed by atoms with E-state index < -0.39 is 5.60 Å². The van der Waals surface area contributed by atoms with Crippen LogP contribution in [0.25, 0.3) is 0 Å². The highest BCUT2D eigenvalue weighted by Crippen LogP contribution is 2.31. The summed E-state index contributed by atoms with van der Waals surface area (Å²) in [6.45, 7) is 3.20. The lowest BCUT2D eigenvalue weighted by molar-refractivity contribution is -0.161. The van der Waals surface area contributed by atoms with E-state index >= 15 is 0 Å². The van der Waals surface area contributed by atoms with Gasteiger partial charge in [0.1, 0.15) is 0 Å². The first-order valence-electron chi connectivity index (χ1n) is 6.66. The van der Waals surface area contributed by atoms with Gasteiger partial charge in [-0.2, -0.15) is 0 Å². The van der Waals surface area contributed by atoms with Crippen molar-refractivity contribution in [3.8, 4) is 0 Å². The Morgan fingerprint density at radius 3 is 2.50 bits per heavy atom. The van der Waals surface area contributed by atoms with Crippen LogP contribution in [0.3, 0.4) is 0 Å². The van der Waals surface area contributed by atoms with Gasteiger partial charge in [0.15, 0.2) is 0 Å². The van der Waals surface area contributed by atoms with Crippen LogP contribution >= 0.6 is 0 Å². The fourth-order valence-corrected chi connectivity index (χ4v) is 3.05. The van der Waals surface area contributed by atoms with Crippen molar-refractivity contribution in [2.24, 2.45) is 5.92 Å². The van der Waals surface area contributed by atoms with E-state index in [9.17, 15) is 9.90 Å². The standard InChI is InChI=1S/C13H23NO2/c1-2-8-13(16)9-14(10-13)12(15)11-6-4-3-5-7-11/h11,16H,2-10H2,1H3. The van der Waals surface area contributed by atoms with Crippen molar-refractivity contribution in [3.63, 3.8) is 0 Å². The summed E-state index contributed by atoms with van der Waals surface area (Å²) in [4.78, 5) is 13.9. The van der Waals surface area contributed by atoms with Gasteiger partial charge in [0.25, 0.3) is 0 Å². The third-order valence-corrected chi connectivity index (χ3v) is 3.95. The van der Waals surface area contributed by atoms with Gasteiger partial charge in [-0.3, -0.25) is 4.79 Å². The number of amides is 1. The zero-order valence-corrected chi connectivity index (χ0v) is 10.2. The zero-order chi connectivity index (χ0) is 11.6. The van der Waals surface area contributed by atoms with E-state index in [1.54, 1.807) is 0 Å². The molecule has 0 unspecified atom stereocenters. The van der Waals surface area contributed by atoms with Crippen LogP contribution in [0.5, 0.6) is 0 Å². The SMILES string of the molecule is CCCC1(O)CN(C(=O)C2CCCCC2)C1. The number of aliphatic hydroxyl groups is 1. The number of rotatable bonds is 3. The van der Waals surface area contributed by atoms with Crippen LogP contribution in [0.1, 0.15) is 51.9 Å². The lowest BCUT2D eigenvalue weighted by Crippen LogP contribution is -2.64. The van der Waals surface area contributed by atoms with Gasteiger partial charge in [-0.15, -0.1) is 0 Å². The summed E-state index contributed by atoms with van der Waals surface area (Å²) in [5.74, 6) is 0.542. The number of likely N-dealkylation sites (tertiary alicyclic amines) is 1. The molecule has 3 heteroatoms. The molecule has 16 heavy (non-hydrogen) atoms. The second-order valence-corrected chi connectivity index (χ2v) is 5.50. The first kappa shape index (κ1) is 11.9. The Morgan fingerprint density at radius 2 is 1.94 bits per heavy atom. The maximum Gasteiger partial charge on any atom is 0.225 e. The van der Waals surface area contributed by atoms with Gasteiger partial charge >= 0.3 is 0 Å². The number of β-amino-alcohol motifs (C(OH)–C–C–N with tert-alkyl or cyclic N) is 1. The topological polar surface area (TPSA) is 40.5 Å². The maximum atomic E-state index is 12.1. The van der Waals surface area contributed by atoms with E-state index in [1.807, 2.05) is 4.90 Å². The highest BCUT2D eigenvalue weighted by molar-refractivity contribution is 5.80. The van der Waals surface area contributed by atoms with Gasteiger partial charge in [-0.25, -0.2) is 0 Å². The van der Waals surface area contributed by atoms with Crippen molar-refractivity contribution in [3.05, 3.63) is 0 Å². The molecular weight excluding hydrogens is 202 g/mol. The first-order chi connectivity index (χ1) is 7.64. The minimum atomic E-state index is -0.570. The molecule has 1 N–H and O–H groups in total. The summed E-state index contributed by atoms with van der Waals surface area (Å²) in [6.07, 6.45) is 7.60. The Balaban J connectivity index is 1.80. The Morgan fingerprint density at radius 1 is 1.31 bits per heavy atom. The third kappa shape index (κ3) is 2.40. The molecule has 0 spiro atoms. The van der Waals surface area contributed by atoms with Gasteiger partial charge in [-0.05, 0) is 19.3 Å². The summed E-state index contributed by atoms with van der Waals surface area (Å²) < 4.78 is 0. The molecule has 1 aliphatic carbocycles. The van der Waals surface area contributed by atoms with Crippen LogP contribution in [-0.4, -0.2) is 34.6 Å². The van der Waals surface area contributed by atoms with Gasteiger partial charge < -0.3 is 10.0 Å². The number of carbonyl (C=O) groups is 1. The van der Waals surface area contributed by atoms with E-state index in [1.165, 1.54) is 19.3 Å². The molecule has 3 nitrogen and oxygen atoms in total. The van der Waals surface area contributed by atoms with Crippen LogP contribution < -0.4 is 0 Å². The molecule has 0 aromatic rings. The lowest BCUT2D eigenvalue weighted by atomic mass is 9.84. The molecule has 2 rings (SSSR count).